The van der Waals surface area contributed by atoms with Crippen LogP contribution in [-0.4, -0.2) is 21.0 Å². The minimum atomic E-state index is -3.41. The maximum absolute atomic E-state index is 12.0. The SMILES string of the molecule is Cc1ccc(C)c(S(=O)(=O)NCCC(C)N)c1.Cl. The largest absolute Gasteiger partial charge is 0.328 e. The first kappa shape index (κ1) is 17.4. The number of aryl methyl sites for hydroxylation is 2. The maximum Gasteiger partial charge on any atom is 0.240 e. The van der Waals surface area contributed by atoms with Gasteiger partial charge in [0.15, 0.2) is 0 Å². The molecule has 0 amide bonds. The lowest BCUT2D eigenvalue weighted by molar-refractivity contribution is 0.571. The summed E-state index contributed by atoms with van der Waals surface area (Å²) in [6.45, 7) is 5.89. The van der Waals surface area contributed by atoms with Crippen molar-refractivity contribution in [2.45, 2.75) is 38.1 Å². The van der Waals surface area contributed by atoms with Gasteiger partial charge in [0.25, 0.3) is 0 Å². The highest BCUT2D eigenvalue weighted by Crippen LogP contribution is 2.16. The van der Waals surface area contributed by atoms with Crippen molar-refractivity contribution in [2.24, 2.45) is 5.73 Å². The third kappa shape index (κ3) is 4.94. The number of sulfonamides is 1. The molecule has 0 fully saturated rings. The number of hydrogen-bond acceptors (Lipinski definition) is 3. The van der Waals surface area contributed by atoms with Crippen LogP contribution < -0.4 is 10.5 Å². The van der Waals surface area contributed by atoms with Crippen molar-refractivity contribution in [2.75, 3.05) is 6.54 Å². The Hall–Kier alpha value is -0.620. The van der Waals surface area contributed by atoms with E-state index in [9.17, 15) is 8.42 Å². The molecule has 0 radical (unpaired) electrons. The summed E-state index contributed by atoms with van der Waals surface area (Å²) >= 11 is 0. The molecule has 3 N–H and O–H groups in total. The van der Waals surface area contributed by atoms with Gasteiger partial charge in [0.1, 0.15) is 0 Å². The monoisotopic (exact) mass is 292 g/mol. The van der Waals surface area contributed by atoms with Crippen molar-refractivity contribution in [3.8, 4) is 0 Å². The number of hydrogen-bond donors (Lipinski definition) is 2. The summed E-state index contributed by atoms with van der Waals surface area (Å²) < 4.78 is 26.6. The summed E-state index contributed by atoms with van der Waals surface area (Å²) in [4.78, 5) is 0.349. The molecule has 1 aromatic carbocycles. The molecule has 0 saturated heterocycles. The Labute approximate surface area is 115 Å². The number of benzene rings is 1. The van der Waals surface area contributed by atoms with Crippen molar-refractivity contribution in [3.63, 3.8) is 0 Å². The highest BCUT2D eigenvalue weighted by molar-refractivity contribution is 7.89. The van der Waals surface area contributed by atoms with Crippen molar-refractivity contribution >= 4 is 22.4 Å². The van der Waals surface area contributed by atoms with Crippen LogP contribution in [-0.2, 0) is 10.0 Å². The molecule has 0 aliphatic heterocycles. The highest BCUT2D eigenvalue weighted by atomic mass is 35.5. The van der Waals surface area contributed by atoms with Gasteiger partial charge in [-0.15, -0.1) is 12.4 Å². The molecule has 104 valence electrons. The number of halogens is 1. The van der Waals surface area contributed by atoms with E-state index in [1.54, 1.807) is 13.0 Å². The summed E-state index contributed by atoms with van der Waals surface area (Å²) in [7, 11) is -3.41. The van der Waals surface area contributed by atoms with Gasteiger partial charge in [-0.3, -0.25) is 0 Å². The molecular weight excluding hydrogens is 272 g/mol. The predicted octanol–water partition coefficient (Wildman–Crippen LogP) is 1.74. The van der Waals surface area contributed by atoms with E-state index in [1.165, 1.54) is 0 Å². The van der Waals surface area contributed by atoms with E-state index in [0.29, 0.717) is 17.9 Å². The van der Waals surface area contributed by atoms with Gasteiger partial charge in [-0.25, -0.2) is 13.1 Å². The summed E-state index contributed by atoms with van der Waals surface area (Å²) in [6.07, 6.45) is 0.629. The molecule has 0 aliphatic carbocycles. The quantitative estimate of drug-likeness (QED) is 0.868. The summed E-state index contributed by atoms with van der Waals surface area (Å²) in [5.74, 6) is 0. The Morgan fingerprint density at radius 2 is 1.94 bits per heavy atom. The van der Waals surface area contributed by atoms with Crippen LogP contribution >= 0.6 is 12.4 Å². The fraction of sp³-hybridized carbons (Fsp3) is 0.500. The van der Waals surface area contributed by atoms with Gasteiger partial charge in [0.2, 0.25) is 10.0 Å². The average Bonchev–Trinajstić information content (AvgIpc) is 2.20. The van der Waals surface area contributed by atoms with Crippen LogP contribution in [0.2, 0.25) is 0 Å². The molecule has 1 aromatic rings. The van der Waals surface area contributed by atoms with E-state index < -0.39 is 10.0 Å². The molecule has 4 nitrogen and oxygen atoms in total. The molecule has 1 atom stereocenters. The minimum Gasteiger partial charge on any atom is -0.328 e. The van der Waals surface area contributed by atoms with Crippen molar-refractivity contribution in [1.82, 2.24) is 4.72 Å². The van der Waals surface area contributed by atoms with Crippen LogP contribution in [0.5, 0.6) is 0 Å². The van der Waals surface area contributed by atoms with Gasteiger partial charge in [0.05, 0.1) is 4.90 Å². The summed E-state index contributed by atoms with van der Waals surface area (Å²) in [5.41, 5.74) is 7.27. The van der Waals surface area contributed by atoms with Crippen LogP contribution in [0.25, 0.3) is 0 Å². The van der Waals surface area contributed by atoms with Gasteiger partial charge in [-0.2, -0.15) is 0 Å². The van der Waals surface area contributed by atoms with Crippen LogP contribution in [0.3, 0.4) is 0 Å². The molecule has 0 aliphatic rings. The van der Waals surface area contributed by atoms with Crippen LogP contribution in [0, 0.1) is 13.8 Å². The first-order chi connectivity index (χ1) is 7.83. The van der Waals surface area contributed by atoms with Gasteiger partial charge < -0.3 is 5.73 Å². The highest BCUT2D eigenvalue weighted by Gasteiger charge is 2.16. The fourth-order valence-electron chi connectivity index (χ4n) is 1.50. The number of nitrogens with two attached hydrogens (primary N) is 1. The van der Waals surface area contributed by atoms with E-state index in [4.69, 9.17) is 5.73 Å². The zero-order chi connectivity index (χ0) is 13.1. The van der Waals surface area contributed by atoms with Crippen LogP contribution in [0.1, 0.15) is 24.5 Å². The molecule has 1 rings (SSSR count). The molecule has 0 aromatic heterocycles. The molecule has 0 bridgehead atoms. The lowest BCUT2D eigenvalue weighted by Crippen LogP contribution is -2.29. The Morgan fingerprint density at radius 3 is 2.50 bits per heavy atom. The van der Waals surface area contributed by atoms with Crippen LogP contribution in [0.4, 0.5) is 0 Å². The third-order valence-electron chi connectivity index (χ3n) is 2.52. The molecular formula is C12H21ClN2O2S. The smallest absolute Gasteiger partial charge is 0.240 e. The standard InChI is InChI=1S/C12H20N2O2S.ClH/c1-9-4-5-10(2)12(8-9)17(15,16)14-7-6-11(3)13;/h4-5,8,11,14H,6-7,13H2,1-3H3;1H. The minimum absolute atomic E-state index is 0. The average molecular weight is 293 g/mol. The van der Waals surface area contributed by atoms with Gasteiger partial charge in [-0.05, 0) is 44.4 Å². The summed E-state index contributed by atoms with van der Waals surface area (Å²) in [6, 6.07) is 5.39. The Bertz CT molecular complexity index is 487. The zero-order valence-corrected chi connectivity index (χ0v) is 12.6. The maximum atomic E-state index is 12.0. The molecule has 6 heteroatoms. The Kier molecular flexibility index (Phi) is 6.84. The normalized spacial score (nSPS) is 12.9. The van der Waals surface area contributed by atoms with Gasteiger partial charge in [-0.1, -0.05) is 12.1 Å². The van der Waals surface area contributed by atoms with Gasteiger partial charge in [0, 0.05) is 12.6 Å². The summed E-state index contributed by atoms with van der Waals surface area (Å²) in [5, 5.41) is 0. The Balaban J connectivity index is 0.00000289. The van der Waals surface area contributed by atoms with E-state index in [-0.39, 0.29) is 18.4 Å². The second-order valence-electron chi connectivity index (χ2n) is 4.43. The predicted molar refractivity (Wildman–Crippen MR) is 76.6 cm³/mol. The first-order valence-corrected chi connectivity index (χ1v) is 7.14. The molecule has 1 unspecified atom stereocenters. The molecule has 0 spiro atoms. The second kappa shape index (κ2) is 7.09. The zero-order valence-electron chi connectivity index (χ0n) is 10.9. The van der Waals surface area contributed by atoms with E-state index >= 15 is 0 Å². The lowest BCUT2D eigenvalue weighted by Gasteiger charge is -2.11. The van der Waals surface area contributed by atoms with Gasteiger partial charge >= 0.3 is 0 Å². The Morgan fingerprint density at radius 1 is 1.33 bits per heavy atom. The van der Waals surface area contributed by atoms with E-state index in [1.807, 2.05) is 26.0 Å². The van der Waals surface area contributed by atoms with E-state index in [0.717, 1.165) is 11.1 Å². The van der Waals surface area contributed by atoms with Crippen molar-refractivity contribution < 1.29 is 8.42 Å². The fourth-order valence-corrected chi connectivity index (χ4v) is 2.87. The number of rotatable bonds is 5. The topological polar surface area (TPSA) is 72.2 Å². The molecule has 0 saturated carbocycles. The van der Waals surface area contributed by atoms with Crippen LogP contribution in [0.15, 0.2) is 23.1 Å². The van der Waals surface area contributed by atoms with Crippen molar-refractivity contribution in [3.05, 3.63) is 29.3 Å². The second-order valence-corrected chi connectivity index (χ2v) is 6.17. The lowest BCUT2D eigenvalue weighted by atomic mass is 10.2. The molecule has 0 heterocycles. The third-order valence-corrected chi connectivity index (χ3v) is 4.13. The van der Waals surface area contributed by atoms with E-state index in [2.05, 4.69) is 4.72 Å². The first-order valence-electron chi connectivity index (χ1n) is 5.65. The molecule has 18 heavy (non-hydrogen) atoms. The van der Waals surface area contributed by atoms with Crippen molar-refractivity contribution in [1.29, 1.82) is 0 Å². The number of nitrogens with one attached hydrogen (secondary N) is 1.